The molecule has 0 saturated carbocycles. The number of rotatable bonds is 7. The van der Waals surface area contributed by atoms with Crippen LogP contribution in [0.1, 0.15) is 33.3 Å². The van der Waals surface area contributed by atoms with Crippen molar-refractivity contribution in [3.63, 3.8) is 0 Å². The molecular formula is C30H31BNO2. The minimum absolute atomic E-state index is 0.696. The van der Waals surface area contributed by atoms with E-state index in [1.807, 2.05) is 50.4 Å². The van der Waals surface area contributed by atoms with Gasteiger partial charge >= 0.3 is 7.48 Å². The van der Waals surface area contributed by atoms with Crippen LogP contribution in [0.4, 0.5) is 0 Å². The Kier molecular flexibility index (Phi) is 6.74. The number of aliphatic hydroxyl groups is 1. The van der Waals surface area contributed by atoms with Gasteiger partial charge < -0.3 is 9.76 Å². The Bertz CT molecular complexity index is 1260. The summed E-state index contributed by atoms with van der Waals surface area (Å²) >= 11 is 0. The lowest BCUT2D eigenvalue weighted by Crippen LogP contribution is -2.49. The summed E-state index contributed by atoms with van der Waals surface area (Å²) in [6, 6.07) is 29.3. The molecule has 0 aliphatic carbocycles. The molecule has 34 heavy (non-hydrogen) atoms. The standard InChI is InChI=1S/C30H31BNO2/c1-21-18-28(23-14-16-26(17-15-23)31-34-30(4,5)29(2,3)33)32-20-27(21)25-13-9-12-24(19-25)22-10-7-6-8-11-22/h6-20,33H,1-5H3. The zero-order chi connectivity index (χ0) is 24.3. The second-order valence-electron chi connectivity index (χ2n) is 9.76. The molecule has 4 aromatic rings. The maximum Gasteiger partial charge on any atom is 0.330 e. The highest BCUT2D eigenvalue weighted by Crippen LogP contribution is 2.30. The Balaban J connectivity index is 1.52. The Labute approximate surface area is 203 Å². The van der Waals surface area contributed by atoms with Gasteiger partial charge in [-0.3, -0.25) is 4.98 Å². The zero-order valence-electron chi connectivity index (χ0n) is 20.5. The number of hydrogen-bond donors (Lipinski definition) is 1. The molecule has 0 aliphatic rings. The van der Waals surface area contributed by atoms with Crippen LogP contribution in [0.2, 0.25) is 0 Å². The second kappa shape index (κ2) is 9.57. The summed E-state index contributed by atoms with van der Waals surface area (Å²) in [4.78, 5) is 4.76. The van der Waals surface area contributed by atoms with Crippen LogP contribution in [-0.4, -0.2) is 28.8 Å². The van der Waals surface area contributed by atoms with E-state index in [0.717, 1.165) is 27.8 Å². The number of aryl methyl sites for hydroxylation is 1. The lowest BCUT2D eigenvalue weighted by molar-refractivity contribution is -0.0893. The van der Waals surface area contributed by atoms with Gasteiger partial charge in [0.15, 0.2) is 0 Å². The van der Waals surface area contributed by atoms with Crippen molar-refractivity contribution in [2.75, 3.05) is 0 Å². The summed E-state index contributed by atoms with van der Waals surface area (Å²) < 4.78 is 5.86. The summed E-state index contributed by atoms with van der Waals surface area (Å²) in [5.74, 6) is 0. The molecule has 171 valence electrons. The first-order chi connectivity index (χ1) is 16.1. The molecule has 0 saturated heterocycles. The molecule has 0 amide bonds. The van der Waals surface area contributed by atoms with Crippen molar-refractivity contribution >= 4 is 12.9 Å². The predicted molar refractivity (Wildman–Crippen MR) is 142 cm³/mol. The fourth-order valence-corrected chi connectivity index (χ4v) is 3.60. The highest BCUT2D eigenvalue weighted by Gasteiger charge is 2.35. The van der Waals surface area contributed by atoms with Gasteiger partial charge in [-0.25, -0.2) is 0 Å². The molecule has 0 atom stereocenters. The molecule has 1 radical (unpaired) electrons. The normalized spacial score (nSPS) is 11.9. The molecular weight excluding hydrogens is 417 g/mol. The topological polar surface area (TPSA) is 42.4 Å². The van der Waals surface area contributed by atoms with E-state index in [9.17, 15) is 5.11 Å². The fraction of sp³-hybridized carbons (Fsp3) is 0.233. The average Bonchev–Trinajstić information content (AvgIpc) is 2.83. The van der Waals surface area contributed by atoms with E-state index in [2.05, 4.69) is 61.5 Å². The monoisotopic (exact) mass is 448 g/mol. The lowest BCUT2D eigenvalue weighted by Gasteiger charge is -2.37. The molecule has 3 aromatic carbocycles. The average molecular weight is 448 g/mol. The number of benzene rings is 3. The van der Waals surface area contributed by atoms with Crippen LogP contribution in [0.15, 0.2) is 91.1 Å². The zero-order valence-corrected chi connectivity index (χ0v) is 20.5. The largest absolute Gasteiger partial charge is 0.427 e. The van der Waals surface area contributed by atoms with Gasteiger partial charge in [0.05, 0.1) is 16.9 Å². The lowest BCUT2D eigenvalue weighted by atomic mass is 9.82. The van der Waals surface area contributed by atoms with Gasteiger partial charge in [0.25, 0.3) is 0 Å². The van der Waals surface area contributed by atoms with Crippen molar-refractivity contribution in [2.45, 2.75) is 45.8 Å². The summed E-state index contributed by atoms with van der Waals surface area (Å²) in [6.07, 6.45) is 1.96. The smallest absolute Gasteiger partial charge is 0.330 e. The van der Waals surface area contributed by atoms with Crippen molar-refractivity contribution in [3.05, 3.63) is 96.7 Å². The third kappa shape index (κ3) is 5.30. The first-order valence-corrected chi connectivity index (χ1v) is 11.6. The molecule has 1 aromatic heterocycles. The van der Waals surface area contributed by atoms with Crippen LogP contribution in [-0.2, 0) is 4.65 Å². The maximum absolute atomic E-state index is 10.3. The summed E-state index contributed by atoms with van der Waals surface area (Å²) in [5.41, 5.74) is 7.15. The Morgan fingerprint density at radius 1 is 0.735 bits per heavy atom. The molecule has 1 heterocycles. The van der Waals surface area contributed by atoms with Gasteiger partial charge in [0.2, 0.25) is 0 Å². The van der Waals surface area contributed by atoms with E-state index < -0.39 is 11.2 Å². The summed E-state index contributed by atoms with van der Waals surface area (Å²) in [5, 5.41) is 10.3. The summed E-state index contributed by atoms with van der Waals surface area (Å²) in [6.45, 7) is 9.38. The Morgan fingerprint density at radius 2 is 1.38 bits per heavy atom. The summed E-state index contributed by atoms with van der Waals surface area (Å²) in [7, 11) is 1.70. The van der Waals surface area contributed by atoms with E-state index >= 15 is 0 Å². The van der Waals surface area contributed by atoms with Crippen LogP contribution < -0.4 is 5.46 Å². The van der Waals surface area contributed by atoms with Crippen LogP contribution in [0.3, 0.4) is 0 Å². The van der Waals surface area contributed by atoms with Crippen LogP contribution in [0.5, 0.6) is 0 Å². The molecule has 0 aliphatic heterocycles. The number of aromatic nitrogens is 1. The molecule has 4 heteroatoms. The van der Waals surface area contributed by atoms with Gasteiger partial charge in [-0.05, 0) is 69.0 Å². The first kappa shape index (κ1) is 23.9. The van der Waals surface area contributed by atoms with E-state index in [1.165, 1.54) is 16.7 Å². The quantitative estimate of drug-likeness (QED) is 0.342. The van der Waals surface area contributed by atoms with E-state index in [-0.39, 0.29) is 0 Å². The van der Waals surface area contributed by atoms with Crippen LogP contribution in [0, 0.1) is 6.92 Å². The van der Waals surface area contributed by atoms with Crippen molar-refractivity contribution in [3.8, 4) is 33.5 Å². The van der Waals surface area contributed by atoms with Crippen LogP contribution >= 0.6 is 0 Å². The predicted octanol–water partition coefficient (Wildman–Crippen LogP) is 6.20. The van der Waals surface area contributed by atoms with Gasteiger partial charge in [-0.2, -0.15) is 0 Å². The SMILES string of the molecule is Cc1cc(-c2ccc([B]OC(C)(C)C(C)(C)O)cc2)ncc1-c1cccc(-c2ccccc2)c1. The highest BCUT2D eigenvalue weighted by atomic mass is 16.5. The number of hydrogen-bond acceptors (Lipinski definition) is 3. The molecule has 0 unspecified atom stereocenters. The fourth-order valence-electron chi connectivity index (χ4n) is 3.60. The third-order valence-electron chi connectivity index (χ3n) is 6.56. The van der Waals surface area contributed by atoms with Crippen molar-refractivity contribution in [1.82, 2.24) is 4.98 Å². The van der Waals surface area contributed by atoms with Gasteiger partial charge in [-0.15, -0.1) is 0 Å². The third-order valence-corrected chi connectivity index (χ3v) is 6.56. The van der Waals surface area contributed by atoms with Crippen molar-refractivity contribution < 1.29 is 9.76 Å². The maximum atomic E-state index is 10.3. The molecule has 1 N–H and O–H groups in total. The minimum atomic E-state index is -0.951. The van der Waals surface area contributed by atoms with Crippen molar-refractivity contribution in [2.24, 2.45) is 0 Å². The molecule has 0 spiro atoms. The van der Waals surface area contributed by atoms with E-state index in [1.54, 1.807) is 21.3 Å². The van der Waals surface area contributed by atoms with E-state index in [4.69, 9.17) is 9.64 Å². The molecule has 0 bridgehead atoms. The first-order valence-electron chi connectivity index (χ1n) is 11.6. The van der Waals surface area contributed by atoms with Crippen LogP contribution in [0.25, 0.3) is 33.5 Å². The highest BCUT2D eigenvalue weighted by molar-refractivity contribution is 6.47. The number of pyridine rings is 1. The number of nitrogens with zero attached hydrogens (tertiary/aromatic N) is 1. The minimum Gasteiger partial charge on any atom is -0.427 e. The Morgan fingerprint density at radius 3 is 2.03 bits per heavy atom. The molecule has 0 fully saturated rings. The van der Waals surface area contributed by atoms with Gasteiger partial charge in [0.1, 0.15) is 0 Å². The molecule has 4 rings (SSSR count). The van der Waals surface area contributed by atoms with Gasteiger partial charge in [0, 0.05) is 17.3 Å². The van der Waals surface area contributed by atoms with Crippen molar-refractivity contribution in [1.29, 1.82) is 0 Å². The molecule has 3 nitrogen and oxygen atoms in total. The van der Waals surface area contributed by atoms with E-state index in [0.29, 0.717) is 0 Å². The second-order valence-corrected chi connectivity index (χ2v) is 9.76. The van der Waals surface area contributed by atoms with Gasteiger partial charge in [-0.1, -0.05) is 78.3 Å². The Hall–Kier alpha value is -3.21.